The number of hydrogen-bond acceptors (Lipinski definition) is 9. The number of pyridine rings is 1. The third-order valence-electron chi connectivity index (χ3n) is 9.19. The van der Waals surface area contributed by atoms with Crippen LogP contribution in [-0.2, 0) is 36.6 Å². The molecule has 0 saturated carbocycles. The molecule has 1 atom stereocenters. The number of carbonyl (C=O) groups is 1. The van der Waals surface area contributed by atoms with Gasteiger partial charge in [0.25, 0.3) is 5.56 Å². The van der Waals surface area contributed by atoms with E-state index in [1.807, 2.05) is 30.3 Å². The van der Waals surface area contributed by atoms with E-state index in [1.54, 1.807) is 24.3 Å². The van der Waals surface area contributed by atoms with Crippen LogP contribution in [0.3, 0.4) is 0 Å². The average molecular weight is 830 g/mol. The maximum atomic E-state index is 14.8. The van der Waals surface area contributed by atoms with Gasteiger partial charge in [-0.3, -0.25) is 14.0 Å². The summed E-state index contributed by atoms with van der Waals surface area (Å²) in [4.78, 5) is 36.3. The van der Waals surface area contributed by atoms with Gasteiger partial charge in [0, 0.05) is 25.6 Å². The number of ether oxygens (including phenoxy) is 2. The summed E-state index contributed by atoms with van der Waals surface area (Å²) in [6.07, 6.45) is -0.866. The van der Waals surface area contributed by atoms with E-state index in [1.165, 1.54) is 43.1 Å². The maximum absolute atomic E-state index is 14.8. The smallest absolute Gasteiger partial charge is 0.405 e. The Labute approximate surface area is 334 Å². The van der Waals surface area contributed by atoms with E-state index in [-0.39, 0.29) is 75.3 Å². The molecule has 0 fully saturated rings. The number of amides is 1. The van der Waals surface area contributed by atoms with E-state index in [0.717, 1.165) is 32.8 Å². The van der Waals surface area contributed by atoms with Gasteiger partial charge in [0.05, 0.1) is 53.0 Å². The molecule has 0 aliphatic carbocycles. The zero-order valence-electron chi connectivity index (χ0n) is 31.1. The number of fused-ring (bicyclic) bond motifs is 2. The lowest BCUT2D eigenvalue weighted by molar-refractivity contribution is 0.189. The number of hydrogen-bond donors (Lipinski definition) is 2. The van der Waals surface area contributed by atoms with Gasteiger partial charge in [0.1, 0.15) is 29.8 Å². The topological polar surface area (TPSA) is 171 Å². The molecule has 2 N–H and O–H groups in total. The molecule has 3 aromatic heterocycles. The molecule has 7 aromatic rings. The number of rotatable bonds is 13. The standard InChI is InChI=1S/C40H34ClF2N7O7S/c1-48-35-32(15-14-30(41)34(35)38(47-48)49(58(3,54)55)21-23-9-11-28(56-2)12-10-23)50-37(31(44-40(52)53)19-25-17-26(42)20-27(43)18-25)46-36-29(39(50)51)13-16-33(45-36)57-22-24-7-5-4-6-8-24/h4-18,20,31,44H,19,21-22H2,1-3H3,(H,52,53)/t31-/m0/s1. The normalized spacial score (nSPS) is 12.1. The third kappa shape index (κ3) is 8.26. The summed E-state index contributed by atoms with van der Waals surface area (Å²) in [6.45, 7) is -0.000482. The van der Waals surface area contributed by atoms with Gasteiger partial charge in [-0.1, -0.05) is 54.1 Å². The third-order valence-corrected chi connectivity index (χ3v) is 10.6. The number of nitrogens with zero attached hydrogens (tertiary/aromatic N) is 6. The minimum Gasteiger partial charge on any atom is -0.497 e. The number of carboxylic acid groups (broad SMARTS) is 1. The molecule has 7 rings (SSSR count). The van der Waals surface area contributed by atoms with Crippen molar-refractivity contribution in [2.75, 3.05) is 17.7 Å². The molecule has 298 valence electrons. The SMILES string of the molecule is COc1ccc(CN(c2nn(C)c3c(-n4c([C@H](Cc5cc(F)cc(F)c5)NC(=O)O)nc5nc(OCc6ccccc6)ccc5c4=O)ccc(Cl)c23)S(C)(=O)=O)cc1. The fourth-order valence-corrected chi connectivity index (χ4v) is 7.67. The lowest BCUT2D eigenvalue weighted by Crippen LogP contribution is -2.35. The molecule has 0 aliphatic heterocycles. The minimum atomic E-state index is -4.01. The van der Waals surface area contributed by atoms with Crippen LogP contribution in [0.25, 0.3) is 27.6 Å². The first-order chi connectivity index (χ1) is 27.7. The van der Waals surface area contributed by atoms with Crippen LogP contribution in [0.1, 0.15) is 28.6 Å². The monoisotopic (exact) mass is 829 g/mol. The second-order valence-electron chi connectivity index (χ2n) is 13.2. The van der Waals surface area contributed by atoms with Crippen molar-refractivity contribution >= 4 is 55.5 Å². The molecule has 0 bridgehead atoms. The van der Waals surface area contributed by atoms with Crippen molar-refractivity contribution in [2.24, 2.45) is 7.05 Å². The molecular weight excluding hydrogens is 796 g/mol. The quantitative estimate of drug-likeness (QED) is 0.127. The van der Waals surface area contributed by atoms with Gasteiger partial charge in [-0.15, -0.1) is 0 Å². The second-order valence-corrected chi connectivity index (χ2v) is 15.6. The van der Waals surface area contributed by atoms with Gasteiger partial charge >= 0.3 is 6.09 Å². The number of methoxy groups -OCH3 is 1. The number of anilines is 1. The fraction of sp³-hybridized carbons (Fsp3) is 0.175. The second kappa shape index (κ2) is 16.1. The van der Waals surface area contributed by atoms with Crippen LogP contribution in [0, 0.1) is 11.6 Å². The predicted molar refractivity (Wildman–Crippen MR) is 213 cm³/mol. The van der Waals surface area contributed by atoms with Crippen molar-refractivity contribution < 1.29 is 36.6 Å². The Morgan fingerprint density at radius 3 is 2.31 bits per heavy atom. The minimum absolute atomic E-state index is 0.00412. The van der Waals surface area contributed by atoms with Crippen LogP contribution in [0.5, 0.6) is 11.6 Å². The first-order valence-corrected chi connectivity index (χ1v) is 19.7. The Bertz CT molecular complexity index is 2840. The molecule has 4 aromatic carbocycles. The van der Waals surface area contributed by atoms with E-state index in [9.17, 15) is 31.9 Å². The van der Waals surface area contributed by atoms with Crippen LogP contribution < -0.4 is 24.7 Å². The number of halogens is 3. The zero-order chi connectivity index (χ0) is 41.3. The lowest BCUT2D eigenvalue weighted by atomic mass is 10.0. The summed E-state index contributed by atoms with van der Waals surface area (Å²) < 4.78 is 70.4. The first kappa shape index (κ1) is 39.6. The number of benzene rings is 4. The van der Waals surface area contributed by atoms with Crippen molar-refractivity contribution in [1.82, 2.24) is 29.6 Å². The molecule has 1 amide bonds. The van der Waals surface area contributed by atoms with E-state index in [4.69, 9.17) is 26.1 Å². The first-order valence-electron chi connectivity index (χ1n) is 17.5. The van der Waals surface area contributed by atoms with Gasteiger partial charge < -0.3 is 19.9 Å². The summed E-state index contributed by atoms with van der Waals surface area (Å²) in [5.41, 5.74) is 0.943. The van der Waals surface area contributed by atoms with Crippen LogP contribution >= 0.6 is 11.6 Å². The molecule has 0 spiro atoms. The van der Waals surface area contributed by atoms with E-state index in [0.29, 0.717) is 17.4 Å². The van der Waals surface area contributed by atoms with Gasteiger partial charge in [0.15, 0.2) is 11.5 Å². The summed E-state index contributed by atoms with van der Waals surface area (Å²) >= 11 is 6.83. The Morgan fingerprint density at radius 2 is 1.66 bits per heavy atom. The van der Waals surface area contributed by atoms with E-state index in [2.05, 4.69) is 15.4 Å². The highest BCUT2D eigenvalue weighted by Crippen LogP contribution is 2.38. The molecule has 0 aliphatic rings. The Hall–Kier alpha value is -6.59. The molecule has 0 saturated heterocycles. The van der Waals surface area contributed by atoms with Crippen LogP contribution in [0.2, 0.25) is 5.02 Å². The Kier molecular flexibility index (Phi) is 11.0. The zero-order valence-corrected chi connectivity index (χ0v) is 32.6. The van der Waals surface area contributed by atoms with Crippen LogP contribution in [0.4, 0.5) is 19.4 Å². The number of aromatic nitrogens is 5. The van der Waals surface area contributed by atoms with E-state index < -0.39 is 39.4 Å². The van der Waals surface area contributed by atoms with E-state index >= 15 is 0 Å². The lowest BCUT2D eigenvalue weighted by Gasteiger charge is -2.23. The van der Waals surface area contributed by atoms with Crippen LogP contribution in [-0.4, -0.2) is 57.3 Å². The van der Waals surface area contributed by atoms with Gasteiger partial charge in [0.2, 0.25) is 15.9 Å². The summed E-state index contributed by atoms with van der Waals surface area (Å²) in [5.74, 6) is -1.39. The van der Waals surface area contributed by atoms with Gasteiger partial charge in [-0.05, 0) is 59.2 Å². The van der Waals surface area contributed by atoms with Crippen molar-refractivity contribution in [1.29, 1.82) is 0 Å². The maximum Gasteiger partial charge on any atom is 0.405 e. The van der Waals surface area contributed by atoms with Crippen molar-refractivity contribution in [2.45, 2.75) is 25.6 Å². The molecule has 3 heterocycles. The highest BCUT2D eigenvalue weighted by atomic mass is 35.5. The summed E-state index contributed by atoms with van der Waals surface area (Å²) in [5, 5.41) is 17.2. The molecule has 18 heteroatoms. The molecule has 14 nitrogen and oxygen atoms in total. The molecular formula is C40H34ClF2N7O7S. The van der Waals surface area contributed by atoms with Crippen LogP contribution in [0.15, 0.2) is 102 Å². The summed E-state index contributed by atoms with van der Waals surface area (Å²) in [6, 6.07) is 23.3. The fourth-order valence-electron chi connectivity index (χ4n) is 6.60. The predicted octanol–water partition coefficient (Wildman–Crippen LogP) is 6.70. The van der Waals surface area contributed by atoms with Crippen molar-refractivity contribution in [3.8, 4) is 17.3 Å². The highest BCUT2D eigenvalue weighted by molar-refractivity contribution is 7.92. The molecule has 0 unspecified atom stereocenters. The number of nitrogens with one attached hydrogen (secondary N) is 1. The number of sulfonamides is 1. The van der Waals surface area contributed by atoms with Crippen molar-refractivity contribution in [3.05, 3.63) is 147 Å². The van der Waals surface area contributed by atoms with Gasteiger partial charge in [-0.2, -0.15) is 10.1 Å². The van der Waals surface area contributed by atoms with Gasteiger partial charge in [-0.25, -0.2) is 31.3 Å². The Balaban J connectivity index is 1.45. The summed E-state index contributed by atoms with van der Waals surface area (Å²) in [7, 11) is -0.978. The molecule has 0 radical (unpaired) electrons. The largest absolute Gasteiger partial charge is 0.497 e. The molecule has 58 heavy (non-hydrogen) atoms. The highest BCUT2D eigenvalue weighted by Gasteiger charge is 2.30. The Morgan fingerprint density at radius 1 is 0.948 bits per heavy atom. The van der Waals surface area contributed by atoms with Crippen molar-refractivity contribution in [3.63, 3.8) is 0 Å². The average Bonchev–Trinajstić information content (AvgIpc) is 3.53. The number of aryl methyl sites for hydroxylation is 1.